The van der Waals surface area contributed by atoms with Crippen molar-refractivity contribution < 1.29 is 14.8 Å². The van der Waals surface area contributed by atoms with Gasteiger partial charge in [-0.1, -0.05) is 35.5 Å². The molecule has 7 nitrogen and oxygen atoms in total. The van der Waals surface area contributed by atoms with Crippen LogP contribution in [0.15, 0.2) is 35.5 Å². The molecule has 0 aliphatic carbocycles. The number of hydrogen-bond donors (Lipinski definition) is 4. The highest BCUT2D eigenvalue weighted by atomic mass is 16.4. The molecule has 1 rings (SSSR count). The second kappa shape index (κ2) is 7.13. The van der Waals surface area contributed by atoms with Gasteiger partial charge in [0.25, 0.3) is 0 Å². The Morgan fingerprint density at radius 2 is 1.90 bits per heavy atom. The van der Waals surface area contributed by atoms with E-state index >= 15 is 0 Å². The summed E-state index contributed by atoms with van der Waals surface area (Å²) in [6.07, 6.45) is 0.258. The Morgan fingerprint density at radius 3 is 2.40 bits per heavy atom. The maximum absolute atomic E-state index is 12.1. The molecule has 1 aromatic carbocycles. The Morgan fingerprint density at radius 1 is 1.30 bits per heavy atom. The van der Waals surface area contributed by atoms with E-state index in [-0.39, 0.29) is 12.3 Å². The summed E-state index contributed by atoms with van der Waals surface area (Å²) in [7, 11) is 0. The zero-order valence-corrected chi connectivity index (χ0v) is 11.1. The fourth-order valence-electron chi connectivity index (χ4n) is 1.64. The van der Waals surface area contributed by atoms with Crippen molar-refractivity contribution in [1.29, 1.82) is 0 Å². The van der Waals surface area contributed by atoms with Crippen molar-refractivity contribution in [1.82, 2.24) is 5.32 Å². The first kappa shape index (κ1) is 15.5. The molecule has 0 fully saturated rings. The number of amidine groups is 1. The number of primary amides is 1. The molecule has 2 atom stereocenters. The number of benzene rings is 1. The van der Waals surface area contributed by atoms with Gasteiger partial charge in [-0.15, -0.1) is 0 Å². The normalized spacial score (nSPS) is 14.3. The number of rotatable bonds is 6. The van der Waals surface area contributed by atoms with Crippen LogP contribution < -0.4 is 16.8 Å². The molecular weight excluding hydrogens is 260 g/mol. The number of carbonyl (C=O) groups is 2. The van der Waals surface area contributed by atoms with Gasteiger partial charge in [-0.3, -0.25) is 9.59 Å². The van der Waals surface area contributed by atoms with Crippen molar-refractivity contribution in [3.8, 4) is 0 Å². The summed E-state index contributed by atoms with van der Waals surface area (Å²) in [6, 6.07) is 8.31. The third-order valence-corrected chi connectivity index (χ3v) is 2.86. The van der Waals surface area contributed by atoms with Crippen LogP contribution in [0.4, 0.5) is 0 Å². The van der Waals surface area contributed by atoms with Crippen LogP contribution in [0.2, 0.25) is 0 Å². The molecule has 0 radical (unpaired) electrons. The third-order valence-electron chi connectivity index (χ3n) is 2.86. The van der Waals surface area contributed by atoms with Gasteiger partial charge in [0.15, 0.2) is 5.84 Å². The Balaban J connectivity index is 2.85. The molecule has 0 bridgehead atoms. The van der Waals surface area contributed by atoms with Gasteiger partial charge < -0.3 is 22.0 Å². The summed E-state index contributed by atoms with van der Waals surface area (Å²) in [4.78, 5) is 23.0. The highest BCUT2D eigenvalue weighted by Crippen LogP contribution is 2.10. The lowest BCUT2D eigenvalue weighted by atomic mass is 9.97. The van der Waals surface area contributed by atoms with Crippen LogP contribution in [0, 0.1) is 5.92 Å². The van der Waals surface area contributed by atoms with Crippen LogP contribution >= 0.6 is 0 Å². The van der Waals surface area contributed by atoms with Gasteiger partial charge >= 0.3 is 0 Å². The maximum atomic E-state index is 12.1. The second-order valence-corrected chi connectivity index (χ2v) is 4.40. The van der Waals surface area contributed by atoms with E-state index in [4.69, 9.17) is 16.7 Å². The molecule has 1 aromatic rings. The largest absolute Gasteiger partial charge is 0.409 e. The standard InChI is InChI=1S/C13H18N4O3/c1-8(12(15)18)16-13(19)10(11(14)17-20)7-9-5-3-2-4-6-9/h2-6,8,10,20H,7H2,1H3,(H2,14,17)(H2,15,18)(H,16,19). The summed E-state index contributed by atoms with van der Waals surface area (Å²) in [5, 5.41) is 14.1. The number of amides is 2. The highest BCUT2D eigenvalue weighted by Gasteiger charge is 2.25. The molecule has 0 saturated carbocycles. The van der Waals surface area contributed by atoms with E-state index < -0.39 is 23.8 Å². The van der Waals surface area contributed by atoms with E-state index in [0.29, 0.717) is 0 Å². The fraction of sp³-hybridized carbons (Fsp3) is 0.308. The molecular formula is C13H18N4O3. The summed E-state index contributed by atoms with van der Waals surface area (Å²) in [6.45, 7) is 1.46. The zero-order valence-electron chi connectivity index (χ0n) is 11.1. The SMILES string of the molecule is CC(NC(=O)C(Cc1ccccc1)C(N)=NO)C(N)=O. The number of hydrogen-bond acceptors (Lipinski definition) is 4. The molecule has 0 aromatic heterocycles. The summed E-state index contributed by atoms with van der Waals surface area (Å²) in [5.41, 5.74) is 11.5. The smallest absolute Gasteiger partial charge is 0.239 e. The average molecular weight is 278 g/mol. The van der Waals surface area contributed by atoms with Crippen molar-refractivity contribution in [2.45, 2.75) is 19.4 Å². The lowest BCUT2D eigenvalue weighted by Crippen LogP contribution is -2.48. The Bertz CT molecular complexity index is 502. The fourth-order valence-corrected chi connectivity index (χ4v) is 1.64. The number of oxime groups is 1. The minimum atomic E-state index is -0.871. The molecule has 0 saturated heterocycles. The van der Waals surface area contributed by atoms with Gasteiger partial charge in [0, 0.05) is 0 Å². The predicted octanol–water partition coefficient (Wildman–Crippen LogP) is -0.418. The third kappa shape index (κ3) is 4.27. The Kier molecular flexibility index (Phi) is 5.52. The zero-order chi connectivity index (χ0) is 15.1. The molecule has 0 aliphatic heterocycles. The summed E-state index contributed by atoms with van der Waals surface area (Å²) < 4.78 is 0. The Labute approximate surface area is 116 Å². The van der Waals surface area contributed by atoms with Crippen LogP contribution in [0.5, 0.6) is 0 Å². The van der Waals surface area contributed by atoms with Gasteiger partial charge in [0.1, 0.15) is 12.0 Å². The van der Waals surface area contributed by atoms with Crippen molar-refractivity contribution in [3.63, 3.8) is 0 Å². The minimum Gasteiger partial charge on any atom is -0.409 e. The molecule has 2 amide bonds. The Hall–Kier alpha value is -2.57. The number of nitrogens with one attached hydrogen (secondary N) is 1. The first-order valence-electron chi connectivity index (χ1n) is 6.06. The number of nitrogens with two attached hydrogens (primary N) is 2. The van der Waals surface area contributed by atoms with Crippen LogP contribution in [-0.4, -0.2) is 28.9 Å². The summed E-state index contributed by atoms with van der Waals surface area (Å²) >= 11 is 0. The molecule has 0 heterocycles. The van der Waals surface area contributed by atoms with E-state index in [1.807, 2.05) is 30.3 Å². The second-order valence-electron chi connectivity index (χ2n) is 4.40. The highest BCUT2D eigenvalue weighted by molar-refractivity contribution is 6.03. The van der Waals surface area contributed by atoms with Crippen LogP contribution in [0.1, 0.15) is 12.5 Å². The van der Waals surface area contributed by atoms with E-state index in [1.165, 1.54) is 6.92 Å². The lowest BCUT2D eigenvalue weighted by Gasteiger charge is -2.18. The topological polar surface area (TPSA) is 131 Å². The monoisotopic (exact) mass is 278 g/mol. The summed E-state index contributed by atoms with van der Waals surface area (Å²) in [5.74, 6) is -2.26. The molecule has 0 aliphatic rings. The van der Waals surface area contributed by atoms with Crippen molar-refractivity contribution in [2.75, 3.05) is 0 Å². The molecule has 2 unspecified atom stereocenters. The van der Waals surface area contributed by atoms with Crippen LogP contribution in [0.25, 0.3) is 0 Å². The van der Waals surface area contributed by atoms with E-state index in [0.717, 1.165) is 5.56 Å². The predicted molar refractivity (Wildman–Crippen MR) is 73.8 cm³/mol. The van der Waals surface area contributed by atoms with Crippen molar-refractivity contribution in [2.24, 2.45) is 22.5 Å². The molecule has 108 valence electrons. The molecule has 7 heteroatoms. The van der Waals surface area contributed by atoms with Crippen molar-refractivity contribution in [3.05, 3.63) is 35.9 Å². The number of nitrogens with zero attached hydrogens (tertiary/aromatic N) is 1. The van der Waals surface area contributed by atoms with Gasteiger partial charge in [0.05, 0.1) is 0 Å². The first-order valence-corrected chi connectivity index (χ1v) is 6.06. The first-order chi connectivity index (χ1) is 9.45. The van der Waals surface area contributed by atoms with Gasteiger partial charge in [-0.25, -0.2) is 0 Å². The number of carbonyl (C=O) groups excluding carboxylic acids is 2. The molecule has 20 heavy (non-hydrogen) atoms. The van der Waals surface area contributed by atoms with Crippen molar-refractivity contribution >= 4 is 17.6 Å². The minimum absolute atomic E-state index is 0.219. The van der Waals surface area contributed by atoms with Crippen LogP contribution in [0.3, 0.4) is 0 Å². The quantitative estimate of drug-likeness (QED) is 0.243. The van der Waals surface area contributed by atoms with Gasteiger partial charge in [-0.05, 0) is 18.9 Å². The lowest BCUT2D eigenvalue weighted by molar-refractivity contribution is -0.128. The van der Waals surface area contributed by atoms with Crippen LogP contribution in [-0.2, 0) is 16.0 Å². The van der Waals surface area contributed by atoms with E-state index in [9.17, 15) is 9.59 Å². The molecule has 6 N–H and O–H groups in total. The van der Waals surface area contributed by atoms with Gasteiger partial charge in [0.2, 0.25) is 11.8 Å². The van der Waals surface area contributed by atoms with E-state index in [1.54, 1.807) is 0 Å². The maximum Gasteiger partial charge on any atom is 0.239 e. The molecule has 0 spiro atoms. The van der Waals surface area contributed by atoms with E-state index in [2.05, 4.69) is 10.5 Å². The average Bonchev–Trinajstić information content (AvgIpc) is 2.44. The van der Waals surface area contributed by atoms with Gasteiger partial charge in [-0.2, -0.15) is 0 Å².